The van der Waals surface area contributed by atoms with Crippen LogP contribution in [0.5, 0.6) is 0 Å². The Morgan fingerprint density at radius 1 is 1.42 bits per heavy atom. The average molecular weight is 293 g/mol. The molecule has 64 valence electrons. The third-order valence-corrected chi connectivity index (χ3v) is 3.51. The highest BCUT2D eigenvalue weighted by Gasteiger charge is 2.06. The number of anilines is 1. The summed E-state index contributed by atoms with van der Waals surface area (Å²) < 4.78 is 1.58. The number of Topliss-reactive ketones (excluding diaryl/α,β-unsaturated/α-hetero) is 1. The van der Waals surface area contributed by atoms with Gasteiger partial charge in [0.05, 0.1) is 4.47 Å². The van der Waals surface area contributed by atoms with Crippen LogP contribution in [0.3, 0.4) is 0 Å². The molecule has 0 atom stereocenters. The highest BCUT2D eigenvalue weighted by Crippen LogP contribution is 2.30. The van der Waals surface area contributed by atoms with E-state index in [1.165, 1.54) is 6.92 Å². The van der Waals surface area contributed by atoms with E-state index in [9.17, 15) is 4.79 Å². The number of hydrogen-bond donors (Lipinski definition) is 1. The molecule has 0 aliphatic carbocycles. The Balaban J connectivity index is 3.31. The van der Waals surface area contributed by atoms with Crippen molar-refractivity contribution in [3.05, 3.63) is 26.6 Å². The van der Waals surface area contributed by atoms with Crippen LogP contribution in [-0.2, 0) is 0 Å². The summed E-state index contributed by atoms with van der Waals surface area (Å²) >= 11 is 6.57. The smallest absolute Gasteiger partial charge is 0.159 e. The molecule has 0 spiro atoms. The maximum atomic E-state index is 11.0. The monoisotopic (exact) mass is 291 g/mol. The van der Waals surface area contributed by atoms with Crippen LogP contribution in [0.25, 0.3) is 0 Å². The molecule has 2 nitrogen and oxygen atoms in total. The lowest BCUT2D eigenvalue weighted by atomic mass is 10.1. The van der Waals surface area contributed by atoms with Crippen molar-refractivity contribution in [2.24, 2.45) is 0 Å². The Morgan fingerprint density at radius 3 is 2.42 bits per heavy atom. The average Bonchev–Trinajstić information content (AvgIpc) is 1.99. The Bertz CT molecular complexity index is 313. The maximum Gasteiger partial charge on any atom is 0.159 e. The van der Waals surface area contributed by atoms with Gasteiger partial charge >= 0.3 is 0 Å². The molecular formula is C8H7Br2NO. The zero-order valence-electron chi connectivity index (χ0n) is 6.40. The van der Waals surface area contributed by atoms with E-state index in [1.54, 1.807) is 12.1 Å². The van der Waals surface area contributed by atoms with Crippen molar-refractivity contribution in [3.63, 3.8) is 0 Å². The summed E-state index contributed by atoms with van der Waals surface area (Å²) in [5, 5.41) is 0. The summed E-state index contributed by atoms with van der Waals surface area (Å²) in [5.74, 6) is 0.00917. The standard InChI is InChI=1S/C8H7Br2NO/c1-4(12)5-2-6(9)8(10)7(11)3-5/h2-3H,11H2,1H3. The molecule has 0 bridgehead atoms. The van der Waals surface area contributed by atoms with Gasteiger partial charge in [0.25, 0.3) is 0 Å². The van der Waals surface area contributed by atoms with Gasteiger partial charge in [0.15, 0.2) is 5.78 Å². The predicted octanol–water partition coefficient (Wildman–Crippen LogP) is 3.00. The number of halogens is 2. The molecule has 0 unspecified atom stereocenters. The van der Waals surface area contributed by atoms with E-state index < -0.39 is 0 Å². The Labute approximate surface area is 87.4 Å². The highest BCUT2D eigenvalue weighted by molar-refractivity contribution is 9.13. The fourth-order valence-electron chi connectivity index (χ4n) is 0.814. The lowest BCUT2D eigenvalue weighted by molar-refractivity contribution is 0.101. The Hall–Kier alpha value is -0.350. The summed E-state index contributed by atoms with van der Waals surface area (Å²) in [6.45, 7) is 1.51. The first-order valence-corrected chi connectivity index (χ1v) is 4.86. The lowest BCUT2D eigenvalue weighted by Gasteiger charge is -2.03. The Morgan fingerprint density at radius 2 is 2.00 bits per heavy atom. The molecule has 1 rings (SSSR count). The van der Waals surface area contributed by atoms with Crippen LogP contribution in [0.15, 0.2) is 21.1 Å². The second kappa shape index (κ2) is 3.58. The van der Waals surface area contributed by atoms with E-state index in [0.29, 0.717) is 11.3 Å². The quantitative estimate of drug-likeness (QED) is 0.639. The largest absolute Gasteiger partial charge is 0.398 e. The molecule has 0 saturated heterocycles. The lowest BCUT2D eigenvalue weighted by Crippen LogP contribution is -1.96. The van der Waals surface area contributed by atoms with Gasteiger partial charge in [0, 0.05) is 15.7 Å². The second-order valence-corrected chi connectivity index (χ2v) is 4.06. The Kier molecular flexibility index (Phi) is 2.90. The minimum atomic E-state index is 0.00917. The zero-order chi connectivity index (χ0) is 9.30. The van der Waals surface area contributed by atoms with E-state index >= 15 is 0 Å². The van der Waals surface area contributed by atoms with Crippen molar-refractivity contribution in [2.75, 3.05) is 5.73 Å². The van der Waals surface area contributed by atoms with Crippen LogP contribution in [0.1, 0.15) is 17.3 Å². The van der Waals surface area contributed by atoms with Crippen molar-refractivity contribution >= 4 is 43.3 Å². The third-order valence-electron chi connectivity index (χ3n) is 1.46. The van der Waals surface area contributed by atoms with Gasteiger partial charge in [-0.2, -0.15) is 0 Å². The van der Waals surface area contributed by atoms with E-state index in [1.807, 2.05) is 0 Å². The van der Waals surface area contributed by atoms with Crippen LogP contribution >= 0.6 is 31.9 Å². The predicted molar refractivity (Wildman–Crippen MR) is 56.3 cm³/mol. The maximum absolute atomic E-state index is 11.0. The first-order chi connectivity index (χ1) is 5.52. The molecule has 0 aromatic heterocycles. The number of carbonyl (C=O) groups is 1. The highest BCUT2D eigenvalue weighted by atomic mass is 79.9. The minimum Gasteiger partial charge on any atom is -0.398 e. The summed E-state index contributed by atoms with van der Waals surface area (Å²) in [6, 6.07) is 3.39. The van der Waals surface area contributed by atoms with Crippen molar-refractivity contribution in [3.8, 4) is 0 Å². The minimum absolute atomic E-state index is 0.00917. The van der Waals surface area contributed by atoms with Crippen LogP contribution < -0.4 is 5.73 Å². The summed E-state index contributed by atoms with van der Waals surface area (Å²) in [4.78, 5) is 11.0. The summed E-state index contributed by atoms with van der Waals surface area (Å²) in [5.41, 5.74) is 6.81. The van der Waals surface area contributed by atoms with Gasteiger partial charge < -0.3 is 5.73 Å². The third kappa shape index (κ3) is 1.87. The van der Waals surface area contributed by atoms with Crippen molar-refractivity contribution < 1.29 is 4.79 Å². The van der Waals surface area contributed by atoms with Crippen molar-refractivity contribution in [1.29, 1.82) is 0 Å². The fourth-order valence-corrected chi connectivity index (χ4v) is 1.52. The number of hydrogen-bond acceptors (Lipinski definition) is 2. The molecule has 1 aromatic carbocycles. The number of nitrogens with two attached hydrogens (primary N) is 1. The zero-order valence-corrected chi connectivity index (χ0v) is 9.57. The first-order valence-electron chi connectivity index (χ1n) is 3.28. The summed E-state index contributed by atoms with van der Waals surface area (Å²) in [6.07, 6.45) is 0. The number of ketones is 1. The SMILES string of the molecule is CC(=O)c1cc(N)c(Br)c(Br)c1. The topological polar surface area (TPSA) is 43.1 Å². The molecule has 0 saturated carbocycles. The molecule has 12 heavy (non-hydrogen) atoms. The number of rotatable bonds is 1. The first kappa shape index (κ1) is 9.74. The van der Waals surface area contributed by atoms with Crippen molar-refractivity contribution in [2.45, 2.75) is 6.92 Å². The molecule has 1 aromatic rings. The van der Waals surface area contributed by atoms with E-state index in [-0.39, 0.29) is 5.78 Å². The molecule has 0 aliphatic heterocycles. The van der Waals surface area contributed by atoms with Crippen LogP contribution in [0, 0.1) is 0 Å². The van der Waals surface area contributed by atoms with Crippen LogP contribution in [0.2, 0.25) is 0 Å². The molecule has 4 heteroatoms. The van der Waals surface area contributed by atoms with Crippen LogP contribution in [0.4, 0.5) is 5.69 Å². The molecule has 0 fully saturated rings. The van der Waals surface area contributed by atoms with Gasteiger partial charge in [-0.3, -0.25) is 4.79 Å². The van der Waals surface area contributed by atoms with E-state index in [0.717, 1.165) is 8.95 Å². The van der Waals surface area contributed by atoms with E-state index in [4.69, 9.17) is 5.73 Å². The van der Waals surface area contributed by atoms with Crippen molar-refractivity contribution in [1.82, 2.24) is 0 Å². The summed E-state index contributed by atoms with van der Waals surface area (Å²) in [7, 11) is 0. The number of benzene rings is 1. The molecule has 0 heterocycles. The molecule has 0 amide bonds. The van der Waals surface area contributed by atoms with Gasteiger partial charge in [0.1, 0.15) is 0 Å². The second-order valence-electron chi connectivity index (χ2n) is 2.42. The van der Waals surface area contributed by atoms with Gasteiger partial charge in [-0.1, -0.05) is 0 Å². The molecule has 0 radical (unpaired) electrons. The van der Waals surface area contributed by atoms with Gasteiger partial charge in [-0.15, -0.1) is 0 Å². The van der Waals surface area contributed by atoms with Gasteiger partial charge in [-0.25, -0.2) is 0 Å². The molecule has 0 aliphatic rings. The number of carbonyl (C=O) groups excluding carboxylic acids is 1. The normalized spacial score (nSPS) is 9.92. The van der Waals surface area contributed by atoms with E-state index in [2.05, 4.69) is 31.9 Å². The number of nitrogen functional groups attached to an aromatic ring is 1. The van der Waals surface area contributed by atoms with Gasteiger partial charge in [-0.05, 0) is 50.9 Å². The van der Waals surface area contributed by atoms with Crippen LogP contribution in [-0.4, -0.2) is 5.78 Å². The van der Waals surface area contributed by atoms with Gasteiger partial charge in [0.2, 0.25) is 0 Å². The molecular weight excluding hydrogens is 286 g/mol. The fraction of sp³-hybridized carbons (Fsp3) is 0.125. The molecule has 2 N–H and O–H groups in total.